The lowest BCUT2D eigenvalue weighted by molar-refractivity contribution is 0.0594. The highest BCUT2D eigenvalue weighted by atomic mass is 16.2. The number of carbonyl (C=O) groups excluding carboxylic acids is 1. The first kappa shape index (κ1) is 20.0. The topological polar surface area (TPSA) is 97.6 Å². The van der Waals surface area contributed by atoms with Gasteiger partial charge in [-0.1, -0.05) is 0 Å². The van der Waals surface area contributed by atoms with E-state index in [4.69, 9.17) is 15.8 Å². The van der Waals surface area contributed by atoms with Crippen LogP contribution in [0.25, 0.3) is 5.65 Å². The molecule has 31 heavy (non-hydrogen) atoms. The Labute approximate surface area is 181 Å². The summed E-state index contributed by atoms with van der Waals surface area (Å²) in [7, 11) is 1.82. The van der Waals surface area contributed by atoms with Crippen LogP contribution in [-0.2, 0) is 7.05 Å². The zero-order valence-electron chi connectivity index (χ0n) is 18.5. The molecule has 5 heterocycles. The summed E-state index contributed by atoms with van der Waals surface area (Å²) in [5.41, 5.74) is 10.4. The van der Waals surface area contributed by atoms with E-state index >= 15 is 0 Å². The van der Waals surface area contributed by atoms with Crippen molar-refractivity contribution in [3.63, 3.8) is 0 Å². The van der Waals surface area contributed by atoms with Gasteiger partial charge in [-0.05, 0) is 45.6 Å². The van der Waals surface area contributed by atoms with E-state index in [0.29, 0.717) is 5.69 Å². The average Bonchev–Trinajstić information content (AvgIpc) is 3.44. The second kappa shape index (κ2) is 7.64. The summed E-state index contributed by atoms with van der Waals surface area (Å²) >= 11 is 0. The van der Waals surface area contributed by atoms with E-state index in [0.717, 1.165) is 73.7 Å². The molecule has 2 N–H and O–H groups in total. The number of likely N-dealkylation sites (tertiary alicyclic amines) is 1. The van der Waals surface area contributed by atoms with Gasteiger partial charge in [0.05, 0.1) is 17.4 Å². The van der Waals surface area contributed by atoms with Gasteiger partial charge in [0.1, 0.15) is 11.5 Å². The van der Waals surface area contributed by atoms with Gasteiger partial charge in [-0.2, -0.15) is 10.2 Å². The number of carbonyl (C=O) groups is 1. The van der Waals surface area contributed by atoms with Crippen molar-refractivity contribution in [1.82, 2.24) is 29.3 Å². The van der Waals surface area contributed by atoms with Crippen molar-refractivity contribution < 1.29 is 4.79 Å². The Hall–Kier alpha value is -2.94. The molecule has 2 aliphatic rings. The molecular weight excluding hydrogens is 392 g/mol. The van der Waals surface area contributed by atoms with Crippen molar-refractivity contribution in [2.75, 3.05) is 24.5 Å². The molecule has 1 amide bonds. The number of aryl methyl sites for hydroxylation is 3. The molecule has 3 aromatic heterocycles. The first-order valence-corrected chi connectivity index (χ1v) is 11.1. The number of nitrogens with two attached hydrogens (primary N) is 1. The van der Waals surface area contributed by atoms with Crippen LogP contribution >= 0.6 is 0 Å². The van der Waals surface area contributed by atoms with Crippen molar-refractivity contribution >= 4 is 17.4 Å². The predicted molar refractivity (Wildman–Crippen MR) is 118 cm³/mol. The van der Waals surface area contributed by atoms with Crippen LogP contribution in [0.5, 0.6) is 0 Å². The van der Waals surface area contributed by atoms with Gasteiger partial charge in [-0.25, -0.2) is 9.50 Å². The fraction of sp³-hybridized carbons (Fsp3) is 0.545. The molecule has 3 aromatic rings. The molecule has 5 rings (SSSR count). The largest absolute Gasteiger partial charge is 0.355 e. The van der Waals surface area contributed by atoms with Gasteiger partial charge < -0.3 is 15.5 Å². The third kappa shape index (κ3) is 3.56. The van der Waals surface area contributed by atoms with E-state index in [1.54, 1.807) is 4.68 Å². The highest BCUT2D eigenvalue weighted by Crippen LogP contribution is 2.32. The fourth-order valence-corrected chi connectivity index (χ4v) is 4.92. The second-order valence-electron chi connectivity index (χ2n) is 8.92. The molecule has 0 unspecified atom stereocenters. The molecule has 0 bridgehead atoms. The Balaban J connectivity index is 1.48. The number of hydrogen-bond acceptors (Lipinski definition) is 6. The molecule has 0 aromatic carbocycles. The third-order valence-corrected chi connectivity index (χ3v) is 6.47. The Morgan fingerprint density at radius 1 is 1.13 bits per heavy atom. The first-order chi connectivity index (χ1) is 14.9. The molecule has 2 atom stereocenters. The van der Waals surface area contributed by atoms with Gasteiger partial charge in [0.2, 0.25) is 0 Å². The molecule has 9 nitrogen and oxygen atoms in total. The molecule has 0 aliphatic carbocycles. The SMILES string of the molecule is Cc1cc(C(=O)N2CCCC[C@H]2c2cc3nc(N4CC[C@H](N)C4)c(C)cn3n2)n(C)n1. The van der Waals surface area contributed by atoms with Crippen LogP contribution in [0.4, 0.5) is 5.82 Å². The standard InChI is InChI=1S/C22H30N8O/c1-14-12-30-20(24-21(14)28-9-7-16(23)13-28)11-17(26-30)18-6-4-5-8-29(18)22(31)19-10-15(2)25-27(19)3/h10-12,16,18H,4-9,13,23H2,1-3H3/t16-,18-/m0/s1. The van der Waals surface area contributed by atoms with E-state index in [1.807, 2.05) is 41.7 Å². The smallest absolute Gasteiger partial charge is 0.272 e. The van der Waals surface area contributed by atoms with Crippen molar-refractivity contribution in [2.45, 2.75) is 51.6 Å². The summed E-state index contributed by atoms with van der Waals surface area (Å²) in [4.78, 5) is 22.5. The van der Waals surface area contributed by atoms with Crippen LogP contribution in [-0.4, -0.2) is 60.9 Å². The summed E-state index contributed by atoms with van der Waals surface area (Å²) in [6.07, 6.45) is 6.01. The minimum Gasteiger partial charge on any atom is -0.355 e. The Morgan fingerprint density at radius 2 is 1.97 bits per heavy atom. The van der Waals surface area contributed by atoms with E-state index < -0.39 is 0 Å². The highest BCUT2D eigenvalue weighted by Gasteiger charge is 2.32. The van der Waals surface area contributed by atoms with Crippen molar-refractivity contribution in [3.05, 3.63) is 41.0 Å². The molecule has 0 radical (unpaired) electrons. The average molecular weight is 423 g/mol. The lowest BCUT2D eigenvalue weighted by Crippen LogP contribution is -2.39. The quantitative estimate of drug-likeness (QED) is 0.693. The number of anilines is 1. The van der Waals surface area contributed by atoms with E-state index in [9.17, 15) is 4.79 Å². The van der Waals surface area contributed by atoms with Gasteiger partial charge in [-0.3, -0.25) is 9.48 Å². The van der Waals surface area contributed by atoms with Crippen LogP contribution in [0.1, 0.15) is 59.2 Å². The van der Waals surface area contributed by atoms with Gasteiger partial charge in [0.15, 0.2) is 5.65 Å². The molecular formula is C22H30N8O. The number of piperidine rings is 1. The third-order valence-electron chi connectivity index (χ3n) is 6.47. The Kier molecular flexibility index (Phi) is 4.92. The van der Waals surface area contributed by atoms with Gasteiger partial charge in [-0.15, -0.1) is 0 Å². The highest BCUT2D eigenvalue weighted by molar-refractivity contribution is 5.93. The monoisotopic (exact) mass is 422 g/mol. The molecule has 0 saturated carbocycles. The summed E-state index contributed by atoms with van der Waals surface area (Å²) in [6, 6.07) is 4.04. The number of nitrogens with zero attached hydrogens (tertiary/aromatic N) is 7. The van der Waals surface area contributed by atoms with Gasteiger partial charge in [0.25, 0.3) is 5.91 Å². The molecule has 0 spiro atoms. The molecule has 2 saturated heterocycles. The first-order valence-electron chi connectivity index (χ1n) is 11.1. The van der Waals surface area contributed by atoms with Gasteiger partial charge >= 0.3 is 0 Å². The minimum atomic E-state index is -0.0536. The summed E-state index contributed by atoms with van der Waals surface area (Å²) in [5, 5.41) is 9.18. The zero-order chi connectivity index (χ0) is 21.7. The van der Waals surface area contributed by atoms with Crippen LogP contribution in [0.15, 0.2) is 18.3 Å². The summed E-state index contributed by atoms with van der Waals surface area (Å²) in [5.74, 6) is 0.995. The lowest BCUT2D eigenvalue weighted by Gasteiger charge is -2.34. The van der Waals surface area contributed by atoms with Crippen molar-refractivity contribution in [1.29, 1.82) is 0 Å². The van der Waals surface area contributed by atoms with E-state index in [1.165, 1.54) is 0 Å². The maximum Gasteiger partial charge on any atom is 0.272 e. The Bertz CT molecular complexity index is 1130. The van der Waals surface area contributed by atoms with E-state index in [2.05, 4.69) is 16.9 Å². The number of amides is 1. The van der Waals surface area contributed by atoms with Crippen LogP contribution in [0, 0.1) is 13.8 Å². The van der Waals surface area contributed by atoms with E-state index in [-0.39, 0.29) is 18.0 Å². The maximum atomic E-state index is 13.3. The van der Waals surface area contributed by atoms with Gasteiger partial charge in [0, 0.05) is 50.6 Å². The molecule has 2 fully saturated rings. The fourth-order valence-electron chi connectivity index (χ4n) is 4.92. The predicted octanol–water partition coefficient (Wildman–Crippen LogP) is 1.98. The van der Waals surface area contributed by atoms with Crippen LogP contribution in [0.2, 0.25) is 0 Å². The summed E-state index contributed by atoms with van der Waals surface area (Å²) < 4.78 is 3.51. The van der Waals surface area contributed by atoms with Crippen LogP contribution < -0.4 is 10.6 Å². The second-order valence-corrected chi connectivity index (χ2v) is 8.92. The molecule has 9 heteroatoms. The van der Waals surface area contributed by atoms with Crippen LogP contribution in [0.3, 0.4) is 0 Å². The number of rotatable bonds is 3. The number of hydrogen-bond donors (Lipinski definition) is 1. The molecule has 2 aliphatic heterocycles. The van der Waals surface area contributed by atoms with Crippen molar-refractivity contribution in [3.8, 4) is 0 Å². The summed E-state index contributed by atoms with van der Waals surface area (Å²) in [6.45, 7) is 6.46. The minimum absolute atomic E-state index is 0.0146. The maximum absolute atomic E-state index is 13.3. The number of aromatic nitrogens is 5. The Morgan fingerprint density at radius 3 is 2.68 bits per heavy atom. The zero-order valence-corrected chi connectivity index (χ0v) is 18.5. The normalized spacial score (nSPS) is 21.9. The number of fused-ring (bicyclic) bond motifs is 1. The lowest BCUT2D eigenvalue weighted by atomic mass is 9.99. The molecule has 164 valence electrons. The van der Waals surface area contributed by atoms with Crippen molar-refractivity contribution in [2.24, 2.45) is 12.8 Å².